The fraction of sp³-hybridized carbons (Fsp3) is 0.0909. The first-order valence-electron chi connectivity index (χ1n) is 8.66. The predicted octanol–water partition coefficient (Wildman–Crippen LogP) is 4.72. The molecular formula is C22H19ClN2O3. The number of hydrogen-bond acceptors (Lipinski definition) is 3. The van der Waals surface area contributed by atoms with Gasteiger partial charge in [-0.1, -0.05) is 23.7 Å². The van der Waals surface area contributed by atoms with Crippen LogP contribution in [-0.4, -0.2) is 11.8 Å². The molecule has 0 aliphatic heterocycles. The summed E-state index contributed by atoms with van der Waals surface area (Å²) in [6.07, 6.45) is 0. The Labute approximate surface area is 168 Å². The SMILES string of the molecule is CC(NC(=O)c1ccc(Oc2ccc(C(N)=O)cc2)cc1)c1ccc(Cl)cc1. The van der Waals surface area contributed by atoms with Crippen LogP contribution in [0.4, 0.5) is 0 Å². The second-order valence-electron chi connectivity index (χ2n) is 6.26. The number of carbonyl (C=O) groups is 2. The van der Waals surface area contributed by atoms with E-state index in [9.17, 15) is 9.59 Å². The molecule has 0 bridgehead atoms. The number of hydrogen-bond donors (Lipinski definition) is 2. The number of nitrogens with two attached hydrogens (primary N) is 1. The van der Waals surface area contributed by atoms with E-state index >= 15 is 0 Å². The summed E-state index contributed by atoms with van der Waals surface area (Å²) in [6, 6.07) is 20.5. The van der Waals surface area contributed by atoms with E-state index in [-0.39, 0.29) is 11.9 Å². The van der Waals surface area contributed by atoms with Gasteiger partial charge in [0.2, 0.25) is 5.91 Å². The predicted molar refractivity (Wildman–Crippen MR) is 109 cm³/mol. The molecule has 3 aromatic rings. The quantitative estimate of drug-likeness (QED) is 0.634. The fourth-order valence-corrected chi connectivity index (χ4v) is 2.74. The van der Waals surface area contributed by atoms with Crippen molar-refractivity contribution in [2.24, 2.45) is 5.73 Å². The van der Waals surface area contributed by atoms with Crippen LogP contribution >= 0.6 is 11.6 Å². The second kappa shape index (κ2) is 8.59. The molecule has 3 rings (SSSR count). The van der Waals surface area contributed by atoms with E-state index < -0.39 is 5.91 Å². The summed E-state index contributed by atoms with van der Waals surface area (Å²) >= 11 is 5.89. The lowest BCUT2D eigenvalue weighted by Gasteiger charge is -2.15. The van der Waals surface area contributed by atoms with Crippen LogP contribution < -0.4 is 15.8 Å². The summed E-state index contributed by atoms with van der Waals surface area (Å²) in [5.74, 6) is 0.474. The number of benzene rings is 3. The van der Waals surface area contributed by atoms with Crippen LogP contribution in [0.2, 0.25) is 5.02 Å². The zero-order chi connectivity index (χ0) is 20.1. The molecule has 28 heavy (non-hydrogen) atoms. The Hall–Kier alpha value is -3.31. The zero-order valence-electron chi connectivity index (χ0n) is 15.2. The molecule has 3 N–H and O–H groups in total. The summed E-state index contributed by atoms with van der Waals surface area (Å²) in [4.78, 5) is 23.5. The fourth-order valence-electron chi connectivity index (χ4n) is 2.61. The molecule has 142 valence electrons. The third-order valence-electron chi connectivity index (χ3n) is 4.21. The number of rotatable bonds is 6. The van der Waals surface area contributed by atoms with Gasteiger partial charge in [-0.3, -0.25) is 9.59 Å². The molecule has 6 heteroatoms. The summed E-state index contributed by atoms with van der Waals surface area (Å²) in [5.41, 5.74) is 7.12. The maximum atomic E-state index is 12.4. The van der Waals surface area contributed by atoms with Gasteiger partial charge in [0, 0.05) is 16.1 Å². The van der Waals surface area contributed by atoms with E-state index in [1.165, 1.54) is 0 Å². The minimum absolute atomic E-state index is 0.149. The molecule has 0 saturated heterocycles. The van der Waals surface area contributed by atoms with Gasteiger partial charge in [0.05, 0.1) is 6.04 Å². The van der Waals surface area contributed by atoms with Crippen LogP contribution in [-0.2, 0) is 0 Å². The first-order valence-corrected chi connectivity index (χ1v) is 9.04. The molecular weight excluding hydrogens is 376 g/mol. The Morgan fingerprint density at radius 1 is 0.857 bits per heavy atom. The minimum Gasteiger partial charge on any atom is -0.457 e. The Bertz CT molecular complexity index is 968. The summed E-state index contributed by atoms with van der Waals surface area (Å²) in [5, 5.41) is 3.61. The third kappa shape index (κ3) is 4.90. The van der Waals surface area contributed by atoms with E-state index in [1.54, 1.807) is 60.7 Å². The van der Waals surface area contributed by atoms with Crippen molar-refractivity contribution in [3.63, 3.8) is 0 Å². The number of primary amides is 1. The lowest BCUT2D eigenvalue weighted by Crippen LogP contribution is -2.26. The van der Waals surface area contributed by atoms with Crippen LogP contribution in [0.5, 0.6) is 11.5 Å². The number of nitrogens with one attached hydrogen (secondary N) is 1. The molecule has 5 nitrogen and oxygen atoms in total. The van der Waals surface area contributed by atoms with Crippen molar-refractivity contribution in [2.45, 2.75) is 13.0 Å². The van der Waals surface area contributed by atoms with Gasteiger partial charge in [-0.15, -0.1) is 0 Å². The topological polar surface area (TPSA) is 81.4 Å². The lowest BCUT2D eigenvalue weighted by atomic mass is 10.1. The normalized spacial score (nSPS) is 11.5. The number of amides is 2. The van der Waals surface area contributed by atoms with Gasteiger partial charge in [-0.25, -0.2) is 0 Å². The lowest BCUT2D eigenvalue weighted by molar-refractivity contribution is 0.0938. The molecule has 1 unspecified atom stereocenters. The van der Waals surface area contributed by atoms with E-state index in [4.69, 9.17) is 22.1 Å². The summed E-state index contributed by atoms with van der Waals surface area (Å²) in [7, 11) is 0. The van der Waals surface area contributed by atoms with Crippen LogP contribution in [0.1, 0.15) is 39.2 Å². The average molecular weight is 395 g/mol. The third-order valence-corrected chi connectivity index (χ3v) is 4.46. The Morgan fingerprint density at radius 3 is 1.86 bits per heavy atom. The van der Waals surface area contributed by atoms with Crippen molar-refractivity contribution in [3.8, 4) is 11.5 Å². The monoisotopic (exact) mass is 394 g/mol. The Balaban J connectivity index is 1.62. The van der Waals surface area contributed by atoms with Crippen LogP contribution in [0.3, 0.4) is 0 Å². The zero-order valence-corrected chi connectivity index (χ0v) is 15.9. The van der Waals surface area contributed by atoms with Gasteiger partial charge >= 0.3 is 0 Å². The Kier molecular flexibility index (Phi) is 5.96. The molecule has 0 heterocycles. The standard InChI is InChI=1S/C22H19ClN2O3/c1-14(15-2-8-18(23)9-3-15)25-22(27)17-6-12-20(13-7-17)28-19-10-4-16(5-11-19)21(24)26/h2-14H,1H3,(H2,24,26)(H,25,27). The van der Waals surface area contributed by atoms with Crippen molar-refractivity contribution in [1.29, 1.82) is 0 Å². The molecule has 2 amide bonds. The number of halogens is 1. The van der Waals surface area contributed by atoms with Gasteiger partial charge < -0.3 is 15.8 Å². The second-order valence-corrected chi connectivity index (χ2v) is 6.70. The van der Waals surface area contributed by atoms with Gasteiger partial charge in [0.1, 0.15) is 11.5 Å². The van der Waals surface area contributed by atoms with Crippen molar-refractivity contribution in [3.05, 3.63) is 94.5 Å². The van der Waals surface area contributed by atoms with Crippen molar-refractivity contribution in [2.75, 3.05) is 0 Å². The van der Waals surface area contributed by atoms with Crippen molar-refractivity contribution >= 4 is 23.4 Å². The molecule has 0 aliphatic rings. The first-order chi connectivity index (χ1) is 13.4. The van der Waals surface area contributed by atoms with Crippen molar-refractivity contribution < 1.29 is 14.3 Å². The smallest absolute Gasteiger partial charge is 0.251 e. The number of ether oxygens (including phenoxy) is 1. The van der Waals surface area contributed by atoms with Gasteiger partial charge in [0.25, 0.3) is 5.91 Å². The summed E-state index contributed by atoms with van der Waals surface area (Å²) in [6.45, 7) is 1.91. The van der Waals surface area contributed by atoms with E-state index in [0.717, 1.165) is 5.56 Å². The van der Waals surface area contributed by atoms with Crippen LogP contribution in [0.25, 0.3) is 0 Å². The van der Waals surface area contributed by atoms with E-state index in [1.807, 2.05) is 19.1 Å². The van der Waals surface area contributed by atoms with Gasteiger partial charge in [-0.05, 0) is 73.2 Å². The maximum Gasteiger partial charge on any atom is 0.251 e. The molecule has 0 spiro atoms. The molecule has 0 fully saturated rings. The molecule has 0 radical (unpaired) electrons. The van der Waals surface area contributed by atoms with Gasteiger partial charge in [0.15, 0.2) is 0 Å². The molecule has 0 aromatic heterocycles. The molecule has 0 aliphatic carbocycles. The minimum atomic E-state index is -0.491. The highest BCUT2D eigenvalue weighted by molar-refractivity contribution is 6.30. The van der Waals surface area contributed by atoms with Crippen LogP contribution in [0, 0.1) is 0 Å². The molecule has 0 saturated carbocycles. The van der Waals surface area contributed by atoms with E-state index in [2.05, 4.69) is 5.32 Å². The highest BCUT2D eigenvalue weighted by Crippen LogP contribution is 2.22. The highest BCUT2D eigenvalue weighted by Gasteiger charge is 2.12. The first kappa shape index (κ1) is 19.5. The number of carbonyl (C=O) groups excluding carboxylic acids is 2. The summed E-state index contributed by atoms with van der Waals surface area (Å²) < 4.78 is 5.71. The maximum absolute atomic E-state index is 12.4. The highest BCUT2D eigenvalue weighted by atomic mass is 35.5. The molecule has 3 aromatic carbocycles. The largest absolute Gasteiger partial charge is 0.457 e. The molecule has 1 atom stereocenters. The van der Waals surface area contributed by atoms with Gasteiger partial charge in [-0.2, -0.15) is 0 Å². The van der Waals surface area contributed by atoms with Crippen molar-refractivity contribution in [1.82, 2.24) is 5.32 Å². The average Bonchev–Trinajstić information content (AvgIpc) is 2.69. The van der Waals surface area contributed by atoms with Crippen LogP contribution in [0.15, 0.2) is 72.8 Å². The van der Waals surface area contributed by atoms with E-state index in [0.29, 0.717) is 27.6 Å². The Morgan fingerprint density at radius 2 is 1.36 bits per heavy atom.